The summed E-state index contributed by atoms with van der Waals surface area (Å²) in [5.41, 5.74) is 0.726. The highest BCUT2D eigenvalue weighted by molar-refractivity contribution is 5.92. The monoisotopic (exact) mass is 237 g/mol. The molecule has 17 heavy (non-hydrogen) atoms. The number of carboxylic acid groups (broad SMARTS) is 1. The Bertz CT molecular complexity index is 471. The zero-order valence-corrected chi connectivity index (χ0v) is 10.0. The van der Waals surface area contributed by atoms with Gasteiger partial charge >= 0.3 is 5.97 Å². The summed E-state index contributed by atoms with van der Waals surface area (Å²) in [5, 5.41) is 11.5. The van der Waals surface area contributed by atoms with Gasteiger partial charge in [-0.25, -0.2) is 4.79 Å². The van der Waals surface area contributed by atoms with Crippen molar-refractivity contribution in [1.29, 1.82) is 0 Å². The lowest BCUT2D eigenvalue weighted by molar-refractivity contribution is -0.117. The minimum atomic E-state index is -1.03. The third kappa shape index (κ3) is 3.21. The van der Waals surface area contributed by atoms with Crippen LogP contribution in [0.3, 0.4) is 0 Å². The molecule has 0 bridgehead atoms. The summed E-state index contributed by atoms with van der Waals surface area (Å²) in [5.74, 6) is -0.464. The Kier molecular flexibility index (Phi) is 4.09. The fourth-order valence-corrected chi connectivity index (χ4v) is 1.28. The molecule has 1 amide bonds. The van der Waals surface area contributed by atoms with Crippen LogP contribution < -0.4 is 5.32 Å². The molecule has 0 spiro atoms. The molecule has 5 nitrogen and oxygen atoms in total. The Labute approximate surface area is 99.1 Å². The van der Waals surface area contributed by atoms with E-state index < -0.39 is 5.97 Å². The highest BCUT2D eigenvalue weighted by atomic mass is 16.4. The van der Waals surface area contributed by atoms with Crippen LogP contribution in [0.25, 0.3) is 0 Å². The highest BCUT2D eigenvalue weighted by Crippen LogP contribution is 2.14. The zero-order chi connectivity index (χ0) is 13.0. The van der Waals surface area contributed by atoms with Gasteiger partial charge in [0.05, 0.1) is 6.54 Å². The van der Waals surface area contributed by atoms with Gasteiger partial charge in [0.15, 0.2) is 0 Å². The molecule has 92 valence electrons. The second kappa shape index (κ2) is 5.34. The molecule has 0 aliphatic rings. The van der Waals surface area contributed by atoms with E-state index in [1.165, 1.54) is 6.07 Å². The van der Waals surface area contributed by atoms with Crippen LogP contribution in [0.5, 0.6) is 0 Å². The lowest BCUT2D eigenvalue weighted by atomic mass is 10.2. The van der Waals surface area contributed by atoms with Crippen LogP contribution in [0.4, 0.5) is 0 Å². The van der Waals surface area contributed by atoms with Crippen molar-refractivity contribution >= 4 is 11.9 Å². The third-order valence-corrected chi connectivity index (χ3v) is 2.41. The molecule has 2 N–H and O–H groups in total. The Hall–Kier alpha value is -2.04. The van der Waals surface area contributed by atoms with Crippen LogP contribution in [-0.4, -0.2) is 17.0 Å². The maximum Gasteiger partial charge on any atom is 0.339 e. The Morgan fingerprint density at radius 2 is 2.18 bits per heavy atom. The number of allylic oxidation sites excluding steroid dienone is 1. The summed E-state index contributed by atoms with van der Waals surface area (Å²) in [4.78, 5) is 22.2. The number of hydrogen-bond donors (Lipinski definition) is 2. The van der Waals surface area contributed by atoms with Crippen molar-refractivity contribution in [3.63, 3.8) is 0 Å². The molecular weight excluding hydrogens is 222 g/mol. The van der Waals surface area contributed by atoms with Gasteiger partial charge in [0.25, 0.3) is 0 Å². The van der Waals surface area contributed by atoms with E-state index in [1.54, 1.807) is 26.8 Å². The van der Waals surface area contributed by atoms with E-state index in [4.69, 9.17) is 9.52 Å². The maximum atomic E-state index is 11.4. The first kappa shape index (κ1) is 13.0. The Balaban J connectivity index is 2.68. The van der Waals surface area contributed by atoms with Crippen molar-refractivity contribution in [2.75, 3.05) is 0 Å². The molecule has 0 radical (unpaired) electrons. The predicted octanol–water partition coefficient (Wildman–Crippen LogP) is 1.87. The average molecular weight is 237 g/mol. The van der Waals surface area contributed by atoms with Crippen molar-refractivity contribution in [3.8, 4) is 0 Å². The molecule has 0 saturated heterocycles. The number of furan rings is 1. The zero-order valence-electron chi connectivity index (χ0n) is 10.0. The molecule has 1 aromatic heterocycles. The summed E-state index contributed by atoms with van der Waals surface area (Å²) >= 11 is 0. The summed E-state index contributed by atoms with van der Waals surface area (Å²) in [6, 6.07) is 1.42. The van der Waals surface area contributed by atoms with Crippen LogP contribution >= 0.6 is 0 Å². The second-order valence-corrected chi connectivity index (χ2v) is 3.64. The van der Waals surface area contributed by atoms with Crippen molar-refractivity contribution in [2.45, 2.75) is 27.3 Å². The van der Waals surface area contributed by atoms with Gasteiger partial charge in [-0.1, -0.05) is 6.08 Å². The molecule has 0 unspecified atom stereocenters. The molecule has 0 aromatic carbocycles. The first-order valence-corrected chi connectivity index (χ1v) is 5.19. The van der Waals surface area contributed by atoms with Gasteiger partial charge in [0, 0.05) is 5.57 Å². The molecular formula is C12H15NO4. The van der Waals surface area contributed by atoms with Crippen LogP contribution in [-0.2, 0) is 11.3 Å². The number of aryl methyl sites for hydroxylation is 1. The van der Waals surface area contributed by atoms with E-state index in [1.807, 2.05) is 0 Å². The summed E-state index contributed by atoms with van der Waals surface area (Å²) in [6.07, 6.45) is 1.70. The van der Waals surface area contributed by atoms with E-state index >= 15 is 0 Å². The molecule has 0 aliphatic carbocycles. The minimum Gasteiger partial charge on any atom is -0.478 e. The predicted molar refractivity (Wildman–Crippen MR) is 61.7 cm³/mol. The molecule has 0 fully saturated rings. The number of carbonyl (C=O) groups is 2. The molecule has 0 saturated carbocycles. The number of amides is 1. The van der Waals surface area contributed by atoms with E-state index in [0.29, 0.717) is 17.1 Å². The number of aromatic carboxylic acids is 1. The fourth-order valence-electron chi connectivity index (χ4n) is 1.28. The van der Waals surface area contributed by atoms with Crippen molar-refractivity contribution in [1.82, 2.24) is 5.32 Å². The first-order valence-electron chi connectivity index (χ1n) is 5.19. The van der Waals surface area contributed by atoms with Crippen molar-refractivity contribution in [3.05, 3.63) is 34.8 Å². The van der Waals surface area contributed by atoms with Crippen LogP contribution in [0, 0.1) is 6.92 Å². The van der Waals surface area contributed by atoms with Gasteiger partial charge in [-0.05, 0) is 26.8 Å². The van der Waals surface area contributed by atoms with Crippen molar-refractivity contribution in [2.24, 2.45) is 0 Å². The lowest BCUT2D eigenvalue weighted by Crippen LogP contribution is -2.23. The van der Waals surface area contributed by atoms with Gasteiger partial charge in [-0.15, -0.1) is 0 Å². The van der Waals surface area contributed by atoms with Gasteiger partial charge < -0.3 is 14.8 Å². The Morgan fingerprint density at radius 1 is 1.53 bits per heavy atom. The summed E-state index contributed by atoms with van der Waals surface area (Å²) in [7, 11) is 0. The van der Waals surface area contributed by atoms with Gasteiger partial charge in [0.1, 0.15) is 17.1 Å². The number of carboxylic acids is 1. The second-order valence-electron chi connectivity index (χ2n) is 3.64. The van der Waals surface area contributed by atoms with Gasteiger partial charge in [0.2, 0.25) is 5.91 Å². The average Bonchev–Trinajstić information content (AvgIpc) is 2.66. The molecule has 5 heteroatoms. The molecule has 1 aromatic rings. The third-order valence-electron chi connectivity index (χ3n) is 2.41. The van der Waals surface area contributed by atoms with E-state index in [2.05, 4.69) is 5.32 Å². The van der Waals surface area contributed by atoms with E-state index in [-0.39, 0.29) is 18.0 Å². The number of nitrogens with one attached hydrogen (secondary N) is 1. The number of rotatable bonds is 4. The standard InChI is InChI=1S/C12H15NO4/c1-4-7(2)11(14)13-6-9-5-10(12(15)16)8(3)17-9/h4-5H,6H2,1-3H3,(H,13,14)(H,15,16). The Morgan fingerprint density at radius 3 is 2.65 bits per heavy atom. The summed E-state index contributed by atoms with van der Waals surface area (Å²) in [6.45, 7) is 5.23. The molecule has 0 atom stereocenters. The maximum absolute atomic E-state index is 11.4. The smallest absolute Gasteiger partial charge is 0.339 e. The lowest BCUT2D eigenvalue weighted by Gasteiger charge is -2.02. The number of carbonyl (C=O) groups excluding carboxylic acids is 1. The van der Waals surface area contributed by atoms with Crippen LogP contribution in [0.2, 0.25) is 0 Å². The fraction of sp³-hybridized carbons (Fsp3) is 0.333. The number of hydrogen-bond acceptors (Lipinski definition) is 3. The van der Waals surface area contributed by atoms with Gasteiger partial charge in [-0.2, -0.15) is 0 Å². The van der Waals surface area contributed by atoms with E-state index in [0.717, 1.165) is 0 Å². The quantitative estimate of drug-likeness (QED) is 0.783. The van der Waals surface area contributed by atoms with Crippen LogP contribution in [0.15, 0.2) is 22.1 Å². The van der Waals surface area contributed by atoms with Crippen molar-refractivity contribution < 1.29 is 19.1 Å². The molecule has 0 aliphatic heterocycles. The minimum absolute atomic E-state index is 0.122. The highest BCUT2D eigenvalue weighted by Gasteiger charge is 2.14. The largest absolute Gasteiger partial charge is 0.478 e. The first-order chi connectivity index (χ1) is 7.95. The molecule has 1 heterocycles. The van der Waals surface area contributed by atoms with Gasteiger partial charge in [-0.3, -0.25) is 4.79 Å². The normalized spacial score (nSPS) is 11.4. The van der Waals surface area contributed by atoms with Crippen LogP contribution in [0.1, 0.15) is 35.7 Å². The SMILES string of the molecule is CC=C(C)C(=O)NCc1cc(C(=O)O)c(C)o1. The molecule has 1 rings (SSSR count). The van der Waals surface area contributed by atoms with E-state index in [9.17, 15) is 9.59 Å². The topological polar surface area (TPSA) is 79.5 Å². The summed E-state index contributed by atoms with van der Waals surface area (Å²) < 4.78 is 5.22.